The van der Waals surface area contributed by atoms with Gasteiger partial charge in [0.15, 0.2) is 11.6 Å². The number of allylic oxidation sites excluding steroid dienone is 2. The predicted octanol–water partition coefficient (Wildman–Crippen LogP) is 7.97. The van der Waals surface area contributed by atoms with Gasteiger partial charge in [0.2, 0.25) is 5.82 Å². The summed E-state index contributed by atoms with van der Waals surface area (Å²) in [7, 11) is 0. The second kappa shape index (κ2) is 10.3. The van der Waals surface area contributed by atoms with Gasteiger partial charge >= 0.3 is 0 Å². The van der Waals surface area contributed by atoms with E-state index in [1.807, 2.05) is 13.0 Å². The number of phenolic OH excluding ortho intramolecular Hbond substituents is 1. The molecule has 172 valence electrons. The van der Waals surface area contributed by atoms with E-state index in [1.54, 1.807) is 30.3 Å². The maximum Gasteiger partial charge on any atom is 0.200 e. The zero-order valence-corrected chi connectivity index (χ0v) is 18.5. The number of benzene rings is 3. The SMILES string of the molecule is C/C=C/CCC1CCC(c2ccc(-c3ccc(-c4ccc(O)c(F)c4F)cc3)cc2F)OC1. The lowest BCUT2D eigenvalue weighted by atomic mass is 9.90. The van der Waals surface area contributed by atoms with Gasteiger partial charge < -0.3 is 9.84 Å². The number of halogens is 3. The van der Waals surface area contributed by atoms with Gasteiger partial charge in [0.05, 0.1) is 12.7 Å². The van der Waals surface area contributed by atoms with Crippen molar-refractivity contribution in [1.29, 1.82) is 0 Å². The highest BCUT2D eigenvalue weighted by Gasteiger charge is 2.25. The summed E-state index contributed by atoms with van der Waals surface area (Å²) in [5.74, 6) is -2.89. The molecule has 2 atom stereocenters. The maximum absolute atomic E-state index is 14.9. The minimum atomic E-state index is -1.27. The van der Waals surface area contributed by atoms with Crippen molar-refractivity contribution in [1.82, 2.24) is 0 Å². The van der Waals surface area contributed by atoms with Gasteiger partial charge in [-0.2, -0.15) is 4.39 Å². The molecule has 3 aromatic rings. The molecule has 5 heteroatoms. The minimum absolute atomic E-state index is 0.0526. The van der Waals surface area contributed by atoms with E-state index >= 15 is 0 Å². The molecule has 0 bridgehead atoms. The quantitative estimate of drug-likeness (QED) is 0.384. The fourth-order valence-corrected chi connectivity index (χ4v) is 4.35. The lowest BCUT2D eigenvalue weighted by Crippen LogP contribution is -2.21. The van der Waals surface area contributed by atoms with E-state index in [2.05, 4.69) is 12.2 Å². The van der Waals surface area contributed by atoms with Crippen molar-refractivity contribution in [2.75, 3.05) is 6.61 Å². The average Bonchev–Trinajstić information content (AvgIpc) is 2.83. The molecule has 1 heterocycles. The van der Waals surface area contributed by atoms with E-state index in [0.29, 0.717) is 29.2 Å². The second-order valence-corrected chi connectivity index (χ2v) is 8.49. The molecule has 1 saturated heterocycles. The summed E-state index contributed by atoms with van der Waals surface area (Å²) in [5, 5.41) is 9.30. The monoisotopic (exact) mass is 452 g/mol. The topological polar surface area (TPSA) is 29.5 Å². The lowest BCUT2D eigenvalue weighted by Gasteiger charge is -2.29. The van der Waals surface area contributed by atoms with Gasteiger partial charge in [0.1, 0.15) is 5.82 Å². The Bertz CT molecular complexity index is 1130. The van der Waals surface area contributed by atoms with Gasteiger partial charge in [0, 0.05) is 11.1 Å². The van der Waals surface area contributed by atoms with E-state index in [4.69, 9.17) is 4.74 Å². The summed E-state index contributed by atoms with van der Waals surface area (Å²) < 4.78 is 48.7. The molecule has 0 aromatic heterocycles. The highest BCUT2D eigenvalue weighted by atomic mass is 19.2. The van der Waals surface area contributed by atoms with Gasteiger partial charge in [-0.3, -0.25) is 0 Å². The fraction of sp³-hybridized carbons (Fsp3) is 0.286. The Hall–Kier alpha value is -3.05. The molecule has 0 aliphatic carbocycles. The zero-order chi connectivity index (χ0) is 23.4. The Morgan fingerprint density at radius 2 is 1.64 bits per heavy atom. The zero-order valence-electron chi connectivity index (χ0n) is 18.5. The lowest BCUT2D eigenvalue weighted by molar-refractivity contribution is -0.0207. The van der Waals surface area contributed by atoms with Crippen LogP contribution in [0.5, 0.6) is 5.75 Å². The van der Waals surface area contributed by atoms with Crippen molar-refractivity contribution in [3.05, 3.63) is 89.8 Å². The number of aromatic hydroxyl groups is 1. The van der Waals surface area contributed by atoms with Crippen LogP contribution in [0.25, 0.3) is 22.3 Å². The molecule has 4 rings (SSSR count). The summed E-state index contributed by atoms with van der Waals surface area (Å²) >= 11 is 0. The Labute approximate surface area is 192 Å². The van der Waals surface area contributed by atoms with Gasteiger partial charge in [-0.15, -0.1) is 0 Å². The summed E-state index contributed by atoms with van der Waals surface area (Å²) in [5.41, 5.74) is 2.55. The molecule has 33 heavy (non-hydrogen) atoms. The largest absolute Gasteiger partial charge is 0.505 e. The maximum atomic E-state index is 14.9. The third-order valence-corrected chi connectivity index (χ3v) is 6.29. The van der Waals surface area contributed by atoms with Crippen molar-refractivity contribution in [3.63, 3.8) is 0 Å². The summed E-state index contributed by atoms with van der Waals surface area (Å²) in [6.07, 6.45) is 7.96. The minimum Gasteiger partial charge on any atom is -0.505 e. The first-order valence-electron chi connectivity index (χ1n) is 11.3. The number of rotatable bonds is 6. The highest BCUT2D eigenvalue weighted by molar-refractivity contribution is 5.71. The van der Waals surface area contributed by atoms with Crippen LogP contribution < -0.4 is 0 Å². The Kier molecular flexibility index (Phi) is 7.19. The molecule has 1 aliphatic heterocycles. The van der Waals surface area contributed by atoms with Crippen LogP contribution in [0.15, 0.2) is 66.7 Å². The van der Waals surface area contributed by atoms with Crippen LogP contribution in [0.1, 0.15) is 44.3 Å². The highest BCUT2D eigenvalue weighted by Crippen LogP contribution is 2.36. The molecule has 0 radical (unpaired) electrons. The molecule has 1 aliphatic rings. The smallest absolute Gasteiger partial charge is 0.200 e. The second-order valence-electron chi connectivity index (χ2n) is 8.49. The first-order valence-corrected chi connectivity index (χ1v) is 11.3. The van der Waals surface area contributed by atoms with E-state index in [0.717, 1.165) is 37.3 Å². The van der Waals surface area contributed by atoms with E-state index in [9.17, 15) is 18.3 Å². The first-order chi connectivity index (χ1) is 16.0. The molecular formula is C28H27F3O2. The molecular weight excluding hydrogens is 425 g/mol. The molecule has 1 fully saturated rings. The van der Waals surface area contributed by atoms with Crippen LogP contribution in [0.2, 0.25) is 0 Å². The molecule has 0 spiro atoms. The van der Waals surface area contributed by atoms with Crippen LogP contribution in [-0.4, -0.2) is 11.7 Å². The average molecular weight is 453 g/mol. The van der Waals surface area contributed by atoms with Crippen LogP contribution in [0.3, 0.4) is 0 Å². The van der Waals surface area contributed by atoms with Crippen molar-refractivity contribution < 1.29 is 23.0 Å². The number of ether oxygens (including phenoxy) is 1. The van der Waals surface area contributed by atoms with Crippen LogP contribution in [0, 0.1) is 23.4 Å². The van der Waals surface area contributed by atoms with Crippen molar-refractivity contribution in [2.45, 2.75) is 38.7 Å². The fourth-order valence-electron chi connectivity index (χ4n) is 4.35. The predicted molar refractivity (Wildman–Crippen MR) is 124 cm³/mol. The molecule has 1 N–H and O–H groups in total. The van der Waals surface area contributed by atoms with Crippen LogP contribution in [0.4, 0.5) is 13.2 Å². The van der Waals surface area contributed by atoms with Gasteiger partial charge in [-0.05, 0) is 73.4 Å². The van der Waals surface area contributed by atoms with E-state index < -0.39 is 17.4 Å². The first kappa shape index (κ1) is 23.1. The summed E-state index contributed by atoms with van der Waals surface area (Å²) in [6, 6.07) is 14.3. The summed E-state index contributed by atoms with van der Waals surface area (Å²) in [4.78, 5) is 0. The third-order valence-electron chi connectivity index (χ3n) is 6.29. The Morgan fingerprint density at radius 1 is 0.909 bits per heavy atom. The molecule has 3 aromatic carbocycles. The Morgan fingerprint density at radius 3 is 2.30 bits per heavy atom. The number of hydrogen-bond donors (Lipinski definition) is 1. The van der Waals surface area contributed by atoms with Crippen molar-refractivity contribution in [3.8, 4) is 28.0 Å². The third kappa shape index (κ3) is 5.14. The van der Waals surface area contributed by atoms with Gasteiger partial charge in [-0.1, -0.05) is 48.6 Å². The van der Waals surface area contributed by atoms with Crippen molar-refractivity contribution >= 4 is 0 Å². The molecule has 2 nitrogen and oxygen atoms in total. The number of phenols is 1. The summed E-state index contributed by atoms with van der Waals surface area (Å²) in [6.45, 7) is 2.67. The van der Waals surface area contributed by atoms with E-state index in [-0.39, 0.29) is 17.5 Å². The molecule has 2 unspecified atom stereocenters. The van der Waals surface area contributed by atoms with Crippen molar-refractivity contribution in [2.24, 2.45) is 5.92 Å². The standard InChI is InChI=1S/C28H27F3O2/c1-2-3-4-5-18-6-15-26(33-17-18)23-12-11-21(16-24(23)29)19-7-9-20(10-8-19)22-13-14-25(32)28(31)27(22)30/h2-3,7-14,16,18,26,32H,4-6,15,17H2,1H3/b3-2+. The van der Waals surface area contributed by atoms with E-state index in [1.165, 1.54) is 12.1 Å². The van der Waals surface area contributed by atoms with Crippen LogP contribution >= 0.6 is 0 Å². The molecule has 0 saturated carbocycles. The number of hydrogen-bond acceptors (Lipinski definition) is 2. The van der Waals surface area contributed by atoms with Crippen LogP contribution in [-0.2, 0) is 4.74 Å². The Balaban J connectivity index is 1.46. The van der Waals surface area contributed by atoms with Gasteiger partial charge in [0.25, 0.3) is 0 Å². The normalized spacial score (nSPS) is 18.7. The molecule has 0 amide bonds. The van der Waals surface area contributed by atoms with Gasteiger partial charge in [-0.25, -0.2) is 8.78 Å².